The van der Waals surface area contributed by atoms with E-state index in [1.54, 1.807) is 0 Å². The summed E-state index contributed by atoms with van der Waals surface area (Å²) in [5, 5.41) is 0. The van der Waals surface area contributed by atoms with Crippen LogP contribution in [-0.4, -0.2) is 51.8 Å². The summed E-state index contributed by atoms with van der Waals surface area (Å²) >= 11 is 0. The third-order valence-electron chi connectivity index (χ3n) is 4.56. The summed E-state index contributed by atoms with van der Waals surface area (Å²) in [5.74, 6) is 0. The Morgan fingerprint density at radius 2 is 0.892 bits per heavy atom. The summed E-state index contributed by atoms with van der Waals surface area (Å²) in [4.78, 5) is 0. The molecule has 0 aromatic carbocycles. The van der Waals surface area contributed by atoms with Gasteiger partial charge in [0.25, 0.3) is 9.28 Å². The quantitative estimate of drug-likeness (QED) is 0.0861. The predicted octanol–water partition coefficient (Wildman–Crippen LogP) is 10.2. The molecule has 37 heavy (non-hydrogen) atoms. The Hall–Kier alpha value is 0.881. The lowest BCUT2D eigenvalue weighted by Gasteiger charge is -2.30. The van der Waals surface area contributed by atoms with Crippen molar-refractivity contribution in [1.82, 2.24) is 0 Å². The largest absolute Gasteiger partial charge is 0.439 e. The van der Waals surface area contributed by atoms with Crippen LogP contribution in [0.2, 0.25) is 91.2 Å². The molecule has 0 aliphatic rings. The van der Waals surface area contributed by atoms with Crippen molar-refractivity contribution in [2.75, 3.05) is 0 Å². The van der Waals surface area contributed by atoms with Gasteiger partial charge in [-0.3, -0.25) is 0 Å². The monoisotopic (exact) mass is 626 g/mol. The van der Waals surface area contributed by atoms with E-state index in [0.29, 0.717) is 0 Å². The lowest BCUT2D eigenvalue weighted by atomic mass is 10.1. The molecule has 4 nitrogen and oxygen atoms in total. The van der Waals surface area contributed by atoms with Gasteiger partial charge in [-0.25, -0.2) is 0 Å². The van der Waals surface area contributed by atoms with Crippen LogP contribution in [-0.2, 0) is 16.5 Å². The first-order chi connectivity index (χ1) is 16.7. The van der Waals surface area contributed by atoms with Crippen molar-refractivity contribution in [2.45, 2.75) is 163 Å². The Bertz CT molecular complexity index is 491. The molecule has 10 heteroatoms. The zero-order chi connectivity index (χ0) is 29.8. The topological polar surface area (TPSA) is 36.9 Å². The molecule has 0 aromatic rings. The number of allylic oxidation sites excluding steroid dienone is 1. The van der Waals surface area contributed by atoms with E-state index in [9.17, 15) is 0 Å². The number of rotatable bonds is 18. The highest BCUT2D eigenvalue weighted by Gasteiger charge is 2.28. The highest BCUT2D eigenvalue weighted by molar-refractivity contribution is 6.81. The van der Waals surface area contributed by atoms with Crippen molar-refractivity contribution in [3.05, 3.63) is 12.7 Å². The Balaban J connectivity index is -0.000000544. The Kier molecular flexibility index (Phi) is 25.8. The average Bonchev–Trinajstić information content (AvgIpc) is 2.64. The molecule has 0 aliphatic carbocycles. The molecule has 0 atom stereocenters. The first kappa shape index (κ1) is 42.3. The molecule has 0 spiro atoms. The summed E-state index contributed by atoms with van der Waals surface area (Å²) in [6, 6.07) is 1.21. The standard InChI is InChI=1S/C14H36O2Si3.C7H22O2Si3.C6H12/c1-8-9-10-11-12-13-14-17(15-18(2,3)4)16-19(5,6)7;1-10(8-11(2,3)4)9-12(5,6)7;1-3-5-6-4-2/h17H,8-14H2,1-7H3;10H,1-7H3;3H,1,4-6H2,2H3. The van der Waals surface area contributed by atoms with Crippen LogP contribution in [0.5, 0.6) is 0 Å². The number of hydrogen-bond donors (Lipinski definition) is 0. The van der Waals surface area contributed by atoms with Crippen LogP contribution in [0.25, 0.3) is 0 Å². The second kappa shape index (κ2) is 22.6. The van der Waals surface area contributed by atoms with Crippen LogP contribution in [0.3, 0.4) is 0 Å². The van der Waals surface area contributed by atoms with Gasteiger partial charge in [0, 0.05) is 0 Å². The van der Waals surface area contributed by atoms with Crippen LogP contribution < -0.4 is 0 Å². The Morgan fingerprint density at radius 3 is 1.19 bits per heavy atom. The van der Waals surface area contributed by atoms with Gasteiger partial charge in [0.1, 0.15) is 0 Å². The van der Waals surface area contributed by atoms with Crippen molar-refractivity contribution in [2.24, 2.45) is 0 Å². The molecule has 0 fully saturated rings. The van der Waals surface area contributed by atoms with Crippen molar-refractivity contribution < 1.29 is 16.5 Å². The molecular weight excluding hydrogens is 557 g/mol. The molecule has 0 bridgehead atoms. The van der Waals surface area contributed by atoms with Gasteiger partial charge in [0.2, 0.25) is 0 Å². The van der Waals surface area contributed by atoms with Gasteiger partial charge >= 0.3 is 9.28 Å². The van der Waals surface area contributed by atoms with Gasteiger partial charge in [-0.05, 0) is 97.6 Å². The van der Waals surface area contributed by atoms with Crippen LogP contribution in [0.4, 0.5) is 0 Å². The SMILES string of the molecule is C=CCCCC.CCCCCCCC[SiH](O[Si](C)(C)C)O[Si](C)(C)C.C[SiH](O[Si](C)(C)C)O[Si](C)(C)C. The maximum atomic E-state index is 6.33. The molecule has 0 aliphatic heterocycles. The predicted molar refractivity (Wildman–Crippen MR) is 186 cm³/mol. The van der Waals surface area contributed by atoms with Crippen molar-refractivity contribution in [1.29, 1.82) is 0 Å². The van der Waals surface area contributed by atoms with Gasteiger partial charge in [0.15, 0.2) is 33.3 Å². The van der Waals surface area contributed by atoms with E-state index >= 15 is 0 Å². The van der Waals surface area contributed by atoms with Crippen LogP contribution >= 0.6 is 0 Å². The van der Waals surface area contributed by atoms with E-state index in [0.717, 1.165) is 0 Å². The summed E-state index contributed by atoms with van der Waals surface area (Å²) < 4.78 is 24.5. The lowest BCUT2D eigenvalue weighted by Crippen LogP contribution is -2.43. The number of unbranched alkanes of at least 4 members (excludes halogenated alkanes) is 7. The van der Waals surface area contributed by atoms with Gasteiger partial charge in [-0.2, -0.15) is 0 Å². The highest BCUT2D eigenvalue weighted by Crippen LogP contribution is 2.18. The summed E-state index contributed by atoms with van der Waals surface area (Å²) in [7, 11) is -8.35. The van der Waals surface area contributed by atoms with Gasteiger partial charge in [-0.1, -0.05) is 71.3 Å². The number of hydrogen-bond acceptors (Lipinski definition) is 4. The molecule has 0 radical (unpaired) electrons. The van der Waals surface area contributed by atoms with Gasteiger partial charge < -0.3 is 16.5 Å². The van der Waals surface area contributed by atoms with Crippen LogP contribution in [0.15, 0.2) is 12.7 Å². The maximum Gasteiger partial charge on any atom is 0.300 e. The Morgan fingerprint density at radius 1 is 0.541 bits per heavy atom. The summed E-state index contributed by atoms with van der Waals surface area (Å²) in [6.07, 6.45) is 13.9. The second-order valence-corrected chi connectivity index (χ2v) is 37.1. The van der Waals surface area contributed by atoms with Crippen molar-refractivity contribution in [3.63, 3.8) is 0 Å². The van der Waals surface area contributed by atoms with Crippen LogP contribution in [0, 0.1) is 0 Å². The van der Waals surface area contributed by atoms with E-state index in [1.807, 2.05) is 6.08 Å². The maximum absolute atomic E-state index is 6.33. The minimum absolute atomic E-state index is 1.18. The minimum atomic E-state index is -1.44. The molecular formula is C27H70O4Si6. The molecule has 0 aromatic heterocycles. The van der Waals surface area contributed by atoms with Gasteiger partial charge in [-0.15, -0.1) is 6.58 Å². The molecule has 0 amide bonds. The third-order valence-corrected chi connectivity index (χ3v) is 21.5. The molecule has 0 N–H and O–H groups in total. The van der Waals surface area contributed by atoms with Crippen molar-refractivity contribution >= 4 is 51.8 Å². The fourth-order valence-corrected chi connectivity index (χ4v) is 20.5. The molecule has 0 heterocycles. The zero-order valence-electron chi connectivity index (χ0n) is 28.1. The van der Waals surface area contributed by atoms with E-state index < -0.39 is 51.8 Å². The first-order valence-electron chi connectivity index (χ1n) is 15.0. The Labute approximate surface area is 242 Å². The van der Waals surface area contributed by atoms with Crippen LogP contribution in [0.1, 0.15) is 71.6 Å². The molecule has 0 saturated heterocycles. The second-order valence-electron chi connectivity index (χ2n) is 13.9. The van der Waals surface area contributed by atoms with Crippen molar-refractivity contribution in [3.8, 4) is 0 Å². The molecule has 0 unspecified atom stereocenters. The van der Waals surface area contributed by atoms with E-state index in [-0.39, 0.29) is 0 Å². The molecule has 226 valence electrons. The molecule has 0 saturated carbocycles. The third kappa shape index (κ3) is 44.1. The van der Waals surface area contributed by atoms with Gasteiger partial charge in [0.05, 0.1) is 0 Å². The smallest absolute Gasteiger partial charge is 0.300 e. The molecule has 0 rings (SSSR count). The lowest BCUT2D eigenvalue weighted by molar-refractivity contribution is 0.413. The van der Waals surface area contributed by atoms with E-state index in [1.165, 1.54) is 63.8 Å². The fraction of sp³-hybridized carbons (Fsp3) is 0.926. The summed E-state index contributed by atoms with van der Waals surface area (Å²) in [6.45, 7) is 37.1. The van der Waals surface area contributed by atoms with E-state index in [4.69, 9.17) is 16.5 Å². The zero-order valence-corrected chi connectivity index (χ0v) is 34.5. The average molecular weight is 627 g/mol. The highest BCUT2D eigenvalue weighted by atomic mass is 28.5. The fourth-order valence-electron chi connectivity index (χ4n) is 3.39. The minimum Gasteiger partial charge on any atom is -0.439 e. The normalized spacial score (nSPS) is 12.7. The summed E-state index contributed by atoms with van der Waals surface area (Å²) in [5.41, 5.74) is 0. The first-order valence-corrected chi connectivity index (χ1v) is 32.5. The van der Waals surface area contributed by atoms with E-state index in [2.05, 4.69) is 106 Å².